The molecule has 0 saturated carbocycles. The monoisotopic (exact) mass is 284 g/mol. The molecule has 0 fully saturated rings. The summed E-state index contributed by atoms with van der Waals surface area (Å²) in [4.78, 5) is 11.3. The quantitative estimate of drug-likeness (QED) is 0.850. The lowest BCUT2D eigenvalue weighted by atomic mass is 10.1. The highest BCUT2D eigenvalue weighted by atomic mass is 35.5. The van der Waals surface area contributed by atoms with Crippen LogP contribution in [0.1, 0.15) is 12.0 Å². The fourth-order valence-electron chi connectivity index (χ4n) is 1.87. The normalized spacial score (nSPS) is 13.2. The zero-order valence-electron chi connectivity index (χ0n) is 10.6. The topological polar surface area (TPSA) is 73.6 Å². The van der Waals surface area contributed by atoms with Crippen LogP contribution in [0.4, 0.5) is 0 Å². The lowest BCUT2D eigenvalue weighted by Gasteiger charge is -2.20. The van der Waals surface area contributed by atoms with E-state index >= 15 is 0 Å². The summed E-state index contributed by atoms with van der Waals surface area (Å²) in [6.45, 7) is 1.96. The van der Waals surface area contributed by atoms with Gasteiger partial charge < -0.3 is 20.5 Å². The van der Waals surface area contributed by atoms with Crippen molar-refractivity contribution in [2.75, 3.05) is 26.3 Å². The van der Waals surface area contributed by atoms with Crippen molar-refractivity contribution in [1.82, 2.24) is 5.32 Å². The van der Waals surface area contributed by atoms with Crippen LogP contribution in [-0.2, 0) is 11.2 Å². The second-order valence-corrected chi connectivity index (χ2v) is 4.65. The van der Waals surface area contributed by atoms with Crippen molar-refractivity contribution in [2.24, 2.45) is 5.73 Å². The van der Waals surface area contributed by atoms with Gasteiger partial charge in [0.25, 0.3) is 0 Å². The Hall–Kier alpha value is -1.46. The Morgan fingerprint density at radius 3 is 2.95 bits per heavy atom. The van der Waals surface area contributed by atoms with Crippen molar-refractivity contribution >= 4 is 17.5 Å². The molecule has 19 heavy (non-hydrogen) atoms. The molecule has 5 nitrogen and oxygen atoms in total. The number of benzene rings is 1. The van der Waals surface area contributed by atoms with E-state index in [9.17, 15) is 4.79 Å². The third-order valence-electron chi connectivity index (χ3n) is 2.76. The molecule has 0 spiro atoms. The summed E-state index contributed by atoms with van der Waals surface area (Å²) >= 11 is 6.13. The molecule has 1 heterocycles. The summed E-state index contributed by atoms with van der Waals surface area (Å²) in [5.74, 6) is 1.23. The molecular formula is C13H17ClN2O3. The first kappa shape index (κ1) is 14.0. The van der Waals surface area contributed by atoms with Crippen LogP contribution in [0.5, 0.6) is 11.5 Å². The molecule has 0 radical (unpaired) electrons. The van der Waals surface area contributed by atoms with Crippen LogP contribution >= 0.6 is 11.6 Å². The Bertz CT molecular complexity index is 465. The highest BCUT2D eigenvalue weighted by molar-refractivity contribution is 6.32. The Balaban J connectivity index is 1.94. The largest absolute Gasteiger partial charge is 0.486 e. The standard InChI is InChI=1S/C13H17ClN2O3/c14-10-7-9(2-4-16-12(17)1-3-15)8-11-13(10)19-6-5-18-11/h7-8H,1-6,15H2,(H,16,17). The molecule has 1 aromatic rings. The average molecular weight is 285 g/mol. The molecule has 2 rings (SSSR count). The zero-order chi connectivity index (χ0) is 13.7. The smallest absolute Gasteiger partial charge is 0.221 e. The maximum absolute atomic E-state index is 11.3. The van der Waals surface area contributed by atoms with Gasteiger partial charge in [-0.15, -0.1) is 0 Å². The van der Waals surface area contributed by atoms with E-state index in [1.807, 2.05) is 12.1 Å². The summed E-state index contributed by atoms with van der Waals surface area (Å²) in [6.07, 6.45) is 1.04. The van der Waals surface area contributed by atoms with Gasteiger partial charge in [0.15, 0.2) is 11.5 Å². The summed E-state index contributed by atoms with van der Waals surface area (Å²) in [5, 5.41) is 3.34. The van der Waals surface area contributed by atoms with Gasteiger partial charge in [-0.05, 0) is 24.1 Å². The van der Waals surface area contributed by atoms with E-state index in [1.54, 1.807) is 0 Å². The Morgan fingerprint density at radius 1 is 1.37 bits per heavy atom. The van der Waals surface area contributed by atoms with E-state index in [1.165, 1.54) is 0 Å². The van der Waals surface area contributed by atoms with Gasteiger partial charge in [-0.3, -0.25) is 4.79 Å². The van der Waals surface area contributed by atoms with Gasteiger partial charge >= 0.3 is 0 Å². The summed E-state index contributed by atoms with van der Waals surface area (Å²) in [7, 11) is 0. The number of carbonyl (C=O) groups excluding carboxylic acids is 1. The van der Waals surface area contributed by atoms with Crippen molar-refractivity contribution in [3.8, 4) is 11.5 Å². The predicted molar refractivity (Wildman–Crippen MR) is 72.8 cm³/mol. The number of hydrogen-bond donors (Lipinski definition) is 2. The Kier molecular flexibility index (Phi) is 4.87. The van der Waals surface area contributed by atoms with Crippen LogP contribution in [0.3, 0.4) is 0 Å². The minimum Gasteiger partial charge on any atom is -0.486 e. The lowest BCUT2D eigenvalue weighted by Crippen LogP contribution is -2.27. The number of ether oxygens (including phenoxy) is 2. The minimum absolute atomic E-state index is 0.0360. The third-order valence-corrected chi connectivity index (χ3v) is 3.04. The molecule has 0 saturated heterocycles. The number of carbonyl (C=O) groups is 1. The van der Waals surface area contributed by atoms with Gasteiger partial charge in [-0.2, -0.15) is 0 Å². The van der Waals surface area contributed by atoms with Crippen molar-refractivity contribution in [2.45, 2.75) is 12.8 Å². The van der Waals surface area contributed by atoms with E-state index in [0.29, 0.717) is 55.7 Å². The summed E-state index contributed by atoms with van der Waals surface area (Å²) in [5.41, 5.74) is 6.30. The van der Waals surface area contributed by atoms with Crippen molar-refractivity contribution in [3.05, 3.63) is 22.7 Å². The van der Waals surface area contributed by atoms with Crippen LogP contribution in [0.2, 0.25) is 5.02 Å². The second-order valence-electron chi connectivity index (χ2n) is 4.24. The molecule has 1 amide bonds. The van der Waals surface area contributed by atoms with Gasteiger partial charge in [0.2, 0.25) is 5.91 Å². The van der Waals surface area contributed by atoms with Crippen LogP contribution < -0.4 is 20.5 Å². The van der Waals surface area contributed by atoms with E-state index in [4.69, 9.17) is 26.8 Å². The van der Waals surface area contributed by atoms with Crippen molar-refractivity contribution in [3.63, 3.8) is 0 Å². The Labute approximate surface area is 117 Å². The highest BCUT2D eigenvalue weighted by Crippen LogP contribution is 2.38. The molecule has 6 heteroatoms. The Morgan fingerprint density at radius 2 is 2.16 bits per heavy atom. The SMILES string of the molecule is NCCC(=O)NCCc1cc(Cl)c2c(c1)OCCO2. The highest BCUT2D eigenvalue weighted by Gasteiger charge is 2.16. The molecule has 1 aliphatic heterocycles. The summed E-state index contributed by atoms with van der Waals surface area (Å²) in [6, 6.07) is 3.74. The molecule has 1 aliphatic rings. The first-order valence-corrected chi connectivity index (χ1v) is 6.63. The van der Waals surface area contributed by atoms with Gasteiger partial charge in [0.05, 0.1) is 5.02 Å². The van der Waals surface area contributed by atoms with Gasteiger partial charge in [-0.25, -0.2) is 0 Å². The van der Waals surface area contributed by atoms with Gasteiger partial charge in [0.1, 0.15) is 13.2 Å². The van der Waals surface area contributed by atoms with E-state index in [0.717, 1.165) is 5.56 Å². The number of hydrogen-bond acceptors (Lipinski definition) is 4. The van der Waals surface area contributed by atoms with Crippen LogP contribution in [0, 0.1) is 0 Å². The third kappa shape index (κ3) is 3.75. The number of halogens is 1. The number of nitrogens with one attached hydrogen (secondary N) is 1. The molecule has 3 N–H and O–H groups in total. The van der Waals surface area contributed by atoms with E-state index in [-0.39, 0.29) is 5.91 Å². The van der Waals surface area contributed by atoms with Crippen LogP contribution in [0.15, 0.2) is 12.1 Å². The van der Waals surface area contributed by atoms with Gasteiger partial charge in [-0.1, -0.05) is 11.6 Å². The molecule has 104 valence electrons. The number of amides is 1. The maximum Gasteiger partial charge on any atom is 0.221 e. The molecule has 1 aromatic carbocycles. The number of fused-ring (bicyclic) bond motifs is 1. The molecule has 0 unspecified atom stereocenters. The average Bonchev–Trinajstić information content (AvgIpc) is 2.39. The van der Waals surface area contributed by atoms with Gasteiger partial charge in [0, 0.05) is 19.5 Å². The van der Waals surface area contributed by atoms with E-state index in [2.05, 4.69) is 5.32 Å². The zero-order valence-corrected chi connectivity index (χ0v) is 11.3. The molecule has 0 aliphatic carbocycles. The maximum atomic E-state index is 11.3. The second kappa shape index (κ2) is 6.63. The van der Waals surface area contributed by atoms with Crippen LogP contribution in [0.25, 0.3) is 0 Å². The molecule has 0 atom stereocenters. The lowest BCUT2D eigenvalue weighted by molar-refractivity contribution is -0.120. The number of nitrogens with two attached hydrogens (primary N) is 1. The fourth-order valence-corrected chi connectivity index (χ4v) is 2.16. The fraction of sp³-hybridized carbons (Fsp3) is 0.462. The van der Waals surface area contributed by atoms with E-state index < -0.39 is 0 Å². The first-order chi connectivity index (χ1) is 9.20. The van der Waals surface area contributed by atoms with Crippen molar-refractivity contribution in [1.29, 1.82) is 0 Å². The minimum atomic E-state index is -0.0360. The molecular weight excluding hydrogens is 268 g/mol. The predicted octanol–water partition coefficient (Wildman–Crippen LogP) is 1.12. The molecule has 0 bridgehead atoms. The first-order valence-electron chi connectivity index (χ1n) is 6.25. The number of rotatable bonds is 5. The van der Waals surface area contributed by atoms with Crippen molar-refractivity contribution < 1.29 is 14.3 Å². The molecule has 0 aromatic heterocycles. The summed E-state index contributed by atoms with van der Waals surface area (Å²) < 4.78 is 10.9. The van der Waals surface area contributed by atoms with Crippen LogP contribution in [-0.4, -0.2) is 32.2 Å².